The number of para-hydroxylation sites is 1. The highest BCUT2D eigenvalue weighted by Gasteiger charge is 2.19. The molecule has 0 amide bonds. The molecule has 262 valence electrons. The predicted molar refractivity (Wildman–Crippen MR) is 227 cm³/mol. The molecule has 0 bridgehead atoms. The monoisotopic (exact) mass is 717 g/mol. The lowest BCUT2D eigenvalue weighted by molar-refractivity contribution is 0.668. The van der Waals surface area contributed by atoms with E-state index in [9.17, 15) is 0 Å². The molecule has 8 aromatic carbocycles. The highest BCUT2D eigenvalue weighted by molar-refractivity contribution is 6.13. The van der Waals surface area contributed by atoms with Crippen LogP contribution in [0.25, 0.3) is 111 Å². The smallest absolute Gasteiger partial charge is 0.164 e. The Hall–Kier alpha value is -7.63. The van der Waals surface area contributed by atoms with Crippen molar-refractivity contribution in [2.24, 2.45) is 0 Å². The maximum absolute atomic E-state index is 6.47. The quantitative estimate of drug-likeness (QED) is 0.171. The number of hydrogen-bond acceptors (Lipinski definition) is 5. The van der Waals surface area contributed by atoms with Gasteiger partial charge in [0, 0.05) is 38.2 Å². The van der Waals surface area contributed by atoms with Crippen LogP contribution in [0, 0.1) is 0 Å². The van der Waals surface area contributed by atoms with Gasteiger partial charge in [0.2, 0.25) is 0 Å². The van der Waals surface area contributed by atoms with Crippen LogP contribution in [-0.4, -0.2) is 15.0 Å². The minimum Gasteiger partial charge on any atom is -0.456 e. The summed E-state index contributed by atoms with van der Waals surface area (Å²) in [5.74, 6) is 1.76. The first-order valence-electron chi connectivity index (χ1n) is 18.7. The molecule has 5 nitrogen and oxygen atoms in total. The number of nitrogens with zero attached hydrogens (tertiary/aromatic N) is 3. The second kappa shape index (κ2) is 13.0. The molecule has 0 fully saturated rings. The molecule has 0 saturated heterocycles. The largest absolute Gasteiger partial charge is 0.456 e. The summed E-state index contributed by atoms with van der Waals surface area (Å²) >= 11 is 0. The second-order valence-corrected chi connectivity index (χ2v) is 14.0. The molecule has 0 unspecified atom stereocenters. The van der Waals surface area contributed by atoms with Gasteiger partial charge >= 0.3 is 0 Å². The zero-order valence-electron chi connectivity index (χ0n) is 30.1. The van der Waals surface area contributed by atoms with E-state index >= 15 is 0 Å². The Morgan fingerprint density at radius 2 is 0.750 bits per heavy atom. The Morgan fingerprint density at radius 1 is 0.268 bits per heavy atom. The molecule has 0 aliphatic heterocycles. The van der Waals surface area contributed by atoms with Gasteiger partial charge in [0.25, 0.3) is 0 Å². The second-order valence-electron chi connectivity index (χ2n) is 14.0. The lowest BCUT2D eigenvalue weighted by Gasteiger charge is -2.11. The number of hydrogen-bond donors (Lipinski definition) is 0. The minimum absolute atomic E-state index is 0.575. The van der Waals surface area contributed by atoms with Crippen LogP contribution in [-0.2, 0) is 0 Å². The van der Waals surface area contributed by atoms with Crippen LogP contribution >= 0.6 is 0 Å². The van der Waals surface area contributed by atoms with Crippen LogP contribution in [0.15, 0.2) is 197 Å². The maximum atomic E-state index is 6.47. The Bertz CT molecular complexity index is 3240. The first kappa shape index (κ1) is 31.9. The first-order valence-corrected chi connectivity index (χ1v) is 18.7. The van der Waals surface area contributed by atoms with E-state index in [2.05, 4.69) is 115 Å². The fourth-order valence-corrected chi connectivity index (χ4v) is 7.85. The third-order valence-corrected chi connectivity index (χ3v) is 10.6. The summed E-state index contributed by atoms with van der Waals surface area (Å²) in [5.41, 5.74) is 12.9. The normalized spacial score (nSPS) is 11.6. The van der Waals surface area contributed by atoms with Crippen molar-refractivity contribution in [3.63, 3.8) is 0 Å². The molecule has 3 aromatic heterocycles. The molecular weight excluding hydrogens is 687 g/mol. The standard InChI is InChI=1S/C51H31N3O2/c1-3-12-33(13-4-1)38-16-7-8-17-39(38)34-24-22-32(23-25-34)36-26-28-46-43(30-36)48-41(19-11-21-47(48)56-46)51-53-49(35-14-5-2-6-15-35)52-50(54-51)37-27-29-45-42(31-37)40-18-9-10-20-44(40)55-45/h1-31H. The average Bonchev–Trinajstić information content (AvgIpc) is 3.85. The summed E-state index contributed by atoms with van der Waals surface area (Å²) < 4.78 is 12.6. The number of fused-ring (bicyclic) bond motifs is 6. The van der Waals surface area contributed by atoms with Crippen LogP contribution in [0.3, 0.4) is 0 Å². The van der Waals surface area contributed by atoms with Crippen molar-refractivity contribution in [2.75, 3.05) is 0 Å². The topological polar surface area (TPSA) is 65.0 Å². The van der Waals surface area contributed by atoms with Crippen molar-refractivity contribution < 1.29 is 8.83 Å². The van der Waals surface area contributed by atoms with Gasteiger partial charge in [-0.15, -0.1) is 0 Å². The van der Waals surface area contributed by atoms with Gasteiger partial charge in [-0.1, -0.05) is 146 Å². The van der Waals surface area contributed by atoms with E-state index in [-0.39, 0.29) is 0 Å². The zero-order chi connectivity index (χ0) is 37.0. The highest BCUT2D eigenvalue weighted by atomic mass is 16.3. The van der Waals surface area contributed by atoms with E-state index in [4.69, 9.17) is 23.8 Å². The molecule has 11 rings (SSSR count). The Balaban J connectivity index is 1.04. The van der Waals surface area contributed by atoms with Crippen molar-refractivity contribution >= 4 is 43.9 Å². The van der Waals surface area contributed by atoms with Crippen molar-refractivity contribution in [1.29, 1.82) is 0 Å². The lowest BCUT2D eigenvalue weighted by atomic mass is 9.93. The Morgan fingerprint density at radius 3 is 1.52 bits per heavy atom. The van der Waals surface area contributed by atoms with E-state index < -0.39 is 0 Å². The molecule has 0 radical (unpaired) electrons. The molecule has 56 heavy (non-hydrogen) atoms. The third-order valence-electron chi connectivity index (χ3n) is 10.6. The molecule has 0 saturated carbocycles. The van der Waals surface area contributed by atoms with Crippen LogP contribution in [0.4, 0.5) is 0 Å². The molecule has 0 atom stereocenters. The Kier molecular flexibility index (Phi) is 7.42. The molecular formula is C51H31N3O2. The van der Waals surface area contributed by atoms with E-state index in [1.54, 1.807) is 0 Å². The molecule has 0 N–H and O–H groups in total. The Labute approximate surface area is 322 Å². The first-order chi connectivity index (χ1) is 27.7. The summed E-state index contributed by atoms with van der Waals surface area (Å²) in [6.45, 7) is 0. The van der Waals surface area contributed by atoms with Gasteiger partial charge < -0.3 is 8.83 Å². The van der Waals surface area contributed by atoms with Gasteiger partial charge in [-0.3, -0.25) is 0 Å². The summed E-state index contributed by atoms with van der Waals surface area (Å²) in [5, 5.41) is 4.04. The van der Waals surface area contributed by atoms with Gasteiger partial charge in [-0.25, -0.2) is 15.0 Å². The number of aromatic nitrogens is 3. The van der Waals surface area contributed by atoms with Crippen molar-refractivity contribution in [2.45, 2.75) is 0 Å². The van der Waals surface area contributed by atoms with Gasteiger partial charge in [-0.05, 0) is 75.8 Å². The van der Waals surface area contributed by atoms with Crippen LogP contribution in [0.1, 0.15) is 0 Å². The van der Waals surface area contributed by atoms with Crippen LogP contribution in [0.5, 0.6) is 0 Å². The van der Waals surface area contributed by atoms with Gasteiger partial charge in [0.1, 0.15) is 22.3 Å². The molecule has 0 aliphatic rings. The van der Waals surface area contributed by atoms with E-state index in [0.29, 0.717) is 17.5 Å². The number of benzene rings is 8. The van der Waals surface area contributed by atoms with Gasteiger partial charge in [0.05, 0.1) is 0 Å². The third kappa shape index (κ3) is 5.45. The van der Waals surface area contributed by atoms with E-state index in [0.717, 1.165) is 71.7 Å². The maximum Gasteiger partial charge on any atom is 0.164 e. The predicted octanol–water partition coefficient (Wildman–Crippen LogP) is 13.7. The number of rotatable bonds is 6. The van der Waals surface area contributed by atoms with Gasteiger partial charge in [0.15, 0.2) is 17.5 Å². The molecule has 0 aliphatic carbocycles. The summed E-state index contributed by atoms with van der Waals surface area (Å²) in [7, 11) is 0. The zero-order valence-corrected chi connectivity index (χ0v) is 30.1. The summed E-state index contributed by atoms with van der Waals surface area (Å²) in [6.07, 6.45) is 0. The molecule has 0 spiro atoms. The van der Waals surface area contributed by atoms with Gasteiger partial charge in [-0.2, -0.15) is 0 Å². The van der Waals surface area contributed by atoms with Crippen molar-refractivity contribution in [1.82, 2.24) is 15.0 Å². The van der Waals surface area contributed by atoms with Crippen LogP contribution in [0.2, 0.25) is 0 Å². The SMILES string of the molecule is c1ccc(-c2nc(-c3ccc4oc5ccccc5c4c3)nc(-c3cccc4oc5ccc(-c6ccc(-c7ccccc7-c7ccccc7)cc6)cc5c34)n2)cc1. The minimum atomic E-state index is 0.575. The lowest BCUT2D eigenvalue weighted by Crippen LogP contribution is -2.00. The molecule has 11 aromatic rings. The van der Waals surface area contributed by atoms with E-state index in [1.807, 2.05) is 72.8 Å². The molecule has 5 heteroatoms. The fraction of sp³-hybridized carbons (Fsp3) is 0. The fourth-order valence-electron chi connectivity index (χ4n) is 7.85. The summed E-state index contributed by atoms with van der Waals surface area (Å²) in [6, 6.07) is 64.7. The summed E-state index contributed by atoms with van der Waals surface area (Å²) in [4.78, 5) is 15.3. The highest BCUT2D eigenvalue weighted by Crippen LogP contribution is 2.40. The van der Waals surface area contributed by atoms with Crippen molar-refractivity contribution in [3.8, 4) is 67.5 Å². The van der Waals surface area contributed by atoms with E-state index in [1.165, 1.54) is 22.3 Å². The number of furan rings is 2. The van der Waals surface area contributed by atoms with Crippen LogP contribution < -0.4 is 0 Å². The van der Waals surface area contributed by atoms with Crippen molar-refractivity contribution in [3.05, 3.63) is 188 Å². The molecule has 3 heterocycles. The average molecular weight is 718 g/mol.